The van der Waals surface area contributed by atoms with Gasteiger partial charge in [0, 0.05) is 7.05 Å². The first-order valence-corrected chi connectivity index (χ1v) is 6.24. The van der Waals surface area contributed by atoms with Crippen LogP contribution in [0.1, 0.15) is 38.4 Å². The Hall–Kier alpha value is -0.350. The molecule has 2 unspecified atom stereocenters. The number of nitrogens with zero attached hydrogens (tertiary/aromatic N) is 2. The summed E-state index contributed by atoms with van der Waals surface area (Å²) < 4.78 is 3.03. The smallest absolute Gasteiger partial charge is 0.0692 e. The van der Waals surface area contributed by atoms with Gasteiger partial charge in [0.25, 0.3) is 0 Å². The number of hydrogen-bond donors (Lipinski definition) is 1. The van der Waals surface area contributed by atoms with Crippen LogP contribution in [0.5, 0.6) is 0 Å². The number of aryl methyl sites for hydroxylation is 1. The average molecular weight is 274 g/mol. The topological polar surface area (TPSA) is 29.9 Å². The monoisotopic (exact) mass is 273 g/mol. The summed E-state index contributed by atoms with van der Waals surface area (Å²) in [5.41, 5.74) is 1.23. The maximum Gasteiger partial charge on any atom is 0.0692 e. The van der Waals surface area contributed by atoms with Crippen LogP contribution in [0.15, 0.2) is 10.7 Å². The van der Waals surface area contributed by atoms with Crippen molar-refractivity contribution in [3.05, 3.63) is 16.4 Å². The third-order valence-corrected chi connectivity index (χ3v) is 3.56. The van der Waals surface area contributed by atoms with Crippen molar-refractivity contribution in [3.63, 3.8) is 0 Å². The Balaban J connectivity index is 2.82. The minimum atomic E-state index is 0.377. The van der Waals surface area contributed by atoms with Gasteiger partial charge in [-0.1, -0.05) is 20.3 Å². The fourth-order valence-corrected chi connectivity index (χ4v) is 2.37. The Morgan fingerprint density at radius 1 is 1.60 bits per heavy atom. The van der Waals surface area contributed by atoms with Crippen molar-refractivity contribution < 1.29 is 0 Å². The van der Waals surface area contributed by atoms with Crippen molar-refractivity contribution in [1.82, 2.24) is 15.1 Å². The van der Waals surface area contributed by atoms with Crippen LogP contribution in [0.4, 0.5) is 0 Å². The molecule has 0 amide bonds. The van der Waals surface area contributed by atoms with Crippen LogP contribution < -0.4 is 5.32 Å². The second-order valence-corrected chi connectivity index (χ2v) is 4.95. The van der Waals surface area contributed by atoms with E-state index in [-0.39, 0.29) is 0 Å². The van der Waals surface area contributed by atoms with E-state index in [0.717, 1.165) is 16.8 Å². The molecule has 0 radical (unpaired) electrons. The number of halogens is 1. The molecule has 3 nitrogen and oxygen atoms in total. The number of aromatic nitrogens is 2. The van der Waals surface area contributed by atoms with E-state index in [9.17, 15) is 0 Å². The van der Waals surface area contributed by atoms with E-state index < -0.39 is 0 Å². The first kappa shape index (κ1) is 12.7. The summed E-state index contributed by atoms with van der Waals surface area (Å²) in [4.78, 5) is 0. The minimum absolute atomic E-state index is 0.377. The second kappa shape index (κ2) is 5.66. The number of nitrogens with one attached hydrogen (secondary N) is 1. The Bertz CT molecular complexity index is 289. The van der Waals surface area contributed by atoms with Crippen molar-refractivity contribution >= 4 is 15.9 Å². The van der Waals surface area contributed by atoms with Crippen LogP contribution in [0.2, 0.25) is 0 Å². The zero-order valence-corrected chi connectivity index (χ0v) is 11.5. The van der Waals surface area contributed by atoms with Crippen LogP contribution in [0, 0.1) is 5.92 Å². The first-order valence-electron chi connectivity index (χ1n) is 5.44. The Morgan fingerprint density at radius 2 is 2.27 bits per heavy atom. The van der Waals surface area contributed by atoms with Crippen LogP contribution in [-0.2, 0) is 7.05 Å². The van der Waals surface area contributed by atoms with Crippen LogP contribution >= 0.6 is 15.9 Å². The maximum absolute atomic E-state index is 4.25. The molecule has 4 heteroatoms. The lowest BCUT2D eigenvalue weighted by atomic mass is 9.97. The normalized spacial score (nSPS) is 15.3. The minimum Gasteiger partial charge on any atom is -0.312 e. The van der Waals surface area contributed by atoms with Crippen molar-refractivity contribution in [2.75, 3.05) is 7.05 Å². The van der Waals surface area contributed by atoms with Crippen molar-refractivity contribution in [3.8, 4) is 0 Å². The molecule has 0 fully saturated rings. The highest BCUT2D eigenvalue weighted by atomic mass is 79.9. The molecule has 0 aliphatic heterocycles. The fraction of sp³-hybridized carbons (Fsp3) is 0.727. The standard InChI is InChI=1S/C11H20BrN3/c1-5-8(2)6-10(13-3)11-9(12)7-14-15(11)4/h7-8,10,13H,5-6H2,1-4H3. The molecule has 1 rings (SSSR count). The lowest BCUT2D eigenvalue weighted by Crippen LogP contribution is -2.22. The van der Waals surface area contributed by atoms with Gasteiger partial charge in [0.1, 0.15) is 0 Å². The Morgan fingerprint density at radius 3 is 2.67 bits per heavy atom. The maximum atomic E-state index is 4.25. The Labute approximate surface area is 100 Å². The summed E-state index contributed by atoms with van der Waals surface area (Å²) in [6, 6.07) is 0.377. The third-order valence-electron chi connectivity index (χ3n) is 2.95. The van der Waals surface area contributed by atoms with Crippen LogP contribution in [0.3, 0.4) is 0 Å². The van der Waals surface area contributed by atoms with Gasteiger partial charge in [-0.25, -0.2) is 0 Å². The van der Waals surface area contributed by atoms with Gasteiger partial charge >= 0.3 is 0 Å². The largest absolute Gasteiger partial charge is 0.312 e. The van der Waals surface area contributed by atoms with Gasteiger partial charge in [-0.05, 0) is 35.3 Å². The molecule has 0 aliphatic rings. The highest BCUT2D eigenvalue weighted by molar-refractivity contribution is 9.10. The molecule has 1 N–H and O–H groups in total. The Kier molecular flexibility index (Phi) is 4.80. The molecule has 0 aromatic carbocycles. The van der Waals surface area contributed by atoms with Gasteiger partial charge < -0.3 is 5.32 Å². The molecule has 1 heterocycles. The third kappa shape index (κ3) is 3.05. The SMILES string of the molecule is CCC(C)CC(NC)c1c(Br)cnn1C. The second-order valence-electron chi connectivity index (χ2n) is 4.09. The van der Waals surface area contributed by atoms with E-state index in [2.05, 4.69) is 40.2 Å². The highest BCUT2D eigenvalue weighted by Crippen LogP contribution is 2.27. The summed E-state index contributed by atoms with van der Waals surface area (Å²) in [5.74, 6) is 0.726. The van der Waals surface area contributed by atoms with E-state index in [4.69, 9.17) is 0 Å². The van der Waals surface area contributed by atoms with Crippen LogP contribution in [0.25, 0.3) is 0 Å². The van der Waals surface area contributed by atoms with Gasteiger partial charge in [0.15, 0.2) is 0 Å². The lowest BCUT2D eigenvalue weighted by Gasteiger charge is -2.20. The fourth-order valence-electron chi connectivity index (χ4n) is 1.75. The van der Waals surface area contributed by atoms with E-state index in [1.165, 1.54) is 12.1 Å². The molecule has 0 saturated heterocycles. The molecule has 1 aromatic heterocycles. The summed E-state index contributed by atoms with van der Waals surface area (Å²) >= 11 is 3.55. The molecule has 1 aromatic rings. The first-order chi connectivity index (χ1) is 7.10. The van der Waals surface area contributed by atoms with Gasteiger partial charge in [-0.2, -0.15) is 5.10 Å². The molecule has 0 saturated carbocycles. The predicted octanol–water partition coefficient (Wildman–Crippen LogP) is 2.88. The number of rotatable bonds is 5. The summed E-state index contributed by atoms with van der Waals surface area (Å²) in [5, 5.41) is 7.61. The molecular formula is C11H20BrN3. The zero-order chi connectivity index (χ0) is 11.4. The predicted molar refractivity (Wildman–Crippen MR) is 66.8 cm³/mol. The molecular weight excluding hydrogens is 254 g/mol. The molecule has 15 heavy (non-hydrogen) atoms. The lowest BCUT2D eigenvalue weighted by molar-refractivity contribution is 0.404. The number of hydrogen-bond acceptors (Lipinski definition) is 2. The van der Waals surface area contributed by atoms with E-state index >= 15 is 0 Å². The van der Waals surface area contributed by atoms with Crippen molar-refractivity contribution in [2.24, 2.45) is 13.0 Å². The molecule has 2 atom stereocenters. The van der Waals surface area contributed by atoms with Crippen LogP contribution in [-0.4, -0.2) is 16.8 Å². The summed E-state index contributed by atoms with van der Waals surface area (Å²) in [7, 11) is 3.99. The van der Waals surface area contributed by atoms with Gasteiger partial charge in [0.2, 0.25) is 0 Å². The van der Waals surface area contributed by atoms with Crippen molar-refractivity contribution in [1.29, 1.82) is 0 Å². The van der Waals surface area contributed by atoms with Crippen molar-refractivity contribution in [2.45, 2.75) is 32.7 Å². The van der Waals surface area contributed by atoms with E-state index in [0.29, 0.717) is 6.04 Å². The average Bonchev–Trinajstić information content (AvgIpc) is 2.55. The summed E-state index contributed by atoms with van der Waals surface area (Å²) in [6.07, 6.45) is 4.22. The molecule has 0 aliphatic carbocycles. The van der Waals surface area contributed by atoms with Gasteiger partial charge in [-0.15, -0.1) is 0 Å². The van der Waals surface area contributed by atoms with Gasteiger partial charge in [-0.3, -0.25) is 4.68 Å². The summed E-state index contributed by atoms with van der Waals surface area (Å²) in [6.45, 7) is 4.52. The molecule has 0 spiro atoms. The van der Waals surface area contributed by atoms with E-state index in [1.807, 2.05) is 25.0 Å². The highest BCUT2D eigenvalue weighted by Gasteiger charge is 2.18. The molecule has 0 bridgehead atoms. The zero-order valence-electron chi connectivity index (χ0n) is 9.92. The molecule has 86 valence electrons. The van der Waals surface area contributed by atoms with E-state index in [1.54, 1.807) is 0 Å². The van der Waals surface area contributed by atoms with Gasteiger partial charge in [0.05, 0.1) is 22.4 Å². The quantitative estimate of drug-likeness (QED) is 0.894.